The lowest BCUT2D eigenvalue weighted by molar-refractivity contribution is 0.180. The molecule has 0 saturated carbocycles. The number of benzene rings is 1. The highest BCUT2D eigenvalue weighted by Crippen LogP contribution is 2.21. The van der Waals surface area contributed by atoms with E-state index in [-0.39, 0.29) is 10.6 Å². The first-order chi connectivity index (χ1) is 8.04. The first kappa shape index (κ1) is 14.0. The Kier molecular flexibility index (Phi) is 4.92. The minimum absolute atomic E-state index is 0.151. The van der Waals surface area contributed by atoms with Crippen molar-refractivity contribution < 1.29 is 13.2 Å². The van der Waals surface area contributed by atoms with Gasteiger partial charge in [0.1, 0.15) is 4.90 Å². The van der Waals surface area contributed by atoms with Crippen LogP contribution >= 0.6 is 0 Å². The summed E-state index contributed by atoms with van der Waals surface area (Å²) in [4.78, 5) is 0.151. The van der Waals surface area contributed by atoms with Gasteiger partial charge >= 0.3 is 0 Å². The van der Waals surface area contributed by atoms with Crippen molar-refractivity contribution in [1.82, 2.24) is 4.31 Å². The van der Waals surface area contributed by atoms with Crippen LogP contribution in [-0.4, -0.2) is 39.5 Å². The van der Waals surface area contributed by atoms with E-state index >= 15 is 0 Å². The quantitative estimate of drug-likeness (QED) is 0.770. The van der Waals surface area contributed by atoms with Crippen LogP contribution in [0.1, 0.15) is 6.92 Å². The summed E-state index contributed by atoms with van der Waals surface area (Å²) in [5.74, 6) is 0. The van der Waals surface area contributed by atoms with Crippen molar-refractivity contribution in [2.24, 2.45) is 0 Å². The standard InChI is InChI=1S/C11H18N2O3S/c1-3-13(8-9-16-2)17(14,15)11-7-5-4-6-10(11)12/h4-7H,3,8-9,12H2,1-2H3. The maximum atomic E-state index is 12.3. The molecular formula is C11H18N2O3S. The van der Waals surface area contributed by atoms with Gasteiger partial charge in [-0.15, -0.1) is 0 Å². The van der Waals surface area contributed by atoms with Crippen LogP contribution in [0.25, 0.3) is 0 Å². The van der Waals surface area contributed by atoms with E-state index in [0.717, 1.165) is 0 Å². The minimum Gasteiger partial charge on any atom is -0.398 e. The molecule has 17 heavy (non-hydrogen) atoms. The zero-order valence-electron chi connectivity index (χ0n) is 10.1. The molecule has 0 amide bonds. The highest BCUT2D eigenvalue weighted by Gasteiger charge is 2.24. The van der Waals surface area contributed by atoms with Crippen molar-refractivity contribution in [3.63, 3.8) is 0 Å². The fraction of sp³-hybridized carbons (Fsp3) is 0.455. The number of rotatable bonds is 6. The number of anilines is 1. The predicted octanol–water partition coefficient (Wildman–Crippen LogP) is 0.926. The van der Waals surface area contributed by atoms with Crippen molar-refractivity contribution >= 4 is 15.7 Å². The Morgan fingerprint density at radius 3 is 2.53 bits per heavy atom. The molecule has 0 aromatic heterocycles. The topological polar surface area (TPSA) is 72.6 Å². The number of hydrogen-bond acceptors (Lipinski definition) is 4. The van der Waals surface area contributed by atoms with Crippen molar-refractivity contribution in [2.45, 2.75) is 11.8 Å². The molecule has 1 aromatic rings. The maximum absolute atomic E-state index is 12.3. The Hall–Kier alpha value is -1.11. The first-order valence-corrected chi connectivity index (χ1v) is 6.81. The number of sulfonamides is 1. The van der Waals surface area contributed by atoms with Crippen LogP contribution in [0.2, 0.25) is 0 Å². The Bertz CT molecular complexity index is 460. The SMILES string of the molecule is CCN(CCOC)S(=O)(=O)c1ccccc1N. The van der Waals surface area contributed by atoms with E-state index in [1.54, 1.807) is 25.1 Å². The molecule has 0 aliphatic rings. The monoisotopic (exact) mass is 258 g/mol. The van der Waals surface area contributed by atoms with Crippen LogP contribution in [0.3, 0.4) is 0 Å². The Morgan fingerprint density at radius 1 is 1.35 bits per heavy atom. The first-order valence-electron chi connectivity index (χ1n) is 5.37. The highest BCUT2D eigenvalue weighted by atomic mass is 32.2. The van der Waals surface area contributed by atoms with Gasteiger partial charge in [0.2, 0.25) is 10.0 Å². The van der Waals surface area contributed by atoms with E-state index in [4.69, 9.17) is 10.5 Å². The molecule has 2 N–H and O–H groups in total. The number of ether oxygens (including phenoxy) is 1. The van der Waals surface area contributed by atoms with Crippen molar-refractivity contribution in [2.75, 3.05) is 32.5 Å². The molecule has 0 aliphatic heterocycles. The van der Waals surface area contributed by atoms with Crippen LogP contribution in [0.4, 0.5) is 5.69 Å². The van der Waals surface area contributed by atoms with E-state index in [2.05, 4.69) is 0 Å². The van der Waals surface area contributed by atoms with Crippen LogP contribution in [0.5, 0.6) is 0 Å². The fourth-order valence-corrected chi connectivity index (χ4v) is 3.05. The smallest absolute Gasteiger partial charge is 0.245 e. The summed E-state index contributed by atoms with van der Waals surface area (Å²) in [5.41, 5.74) is 5.96. The summed E-state index contributed by atoms with van der Waals surface area (Å²) in [6.07, 6.45) is 0. The molecule has 0 atom stereocenters. The van der Waals surface area contributed by atoms with Crippen LogP contribution < -0.4 is 5.73 Å². The summed E-state index contributed by atoms with van der Waals surface area (Å²) in [6, 6.07) is 6.46. The Balaban J connectivity index is 3.05. The van der Waals surface area contributed by atoms with Gasteiger partial charge in [-0.05, 0) is 12.1 Å². The fourth-order valence-electron chi connectivity index (χ4n) is 1.50. The van der Waals surface area contributed by atoms with Gasteiger partial charge in [-0.3, -0.25) is 0 Å². The second kappa shape index (κ2) is 6.00. The molecule has 96 valence electrons. The molecule has 0 unspecified atom stereocenters. The van der Waals surface area contributed by atoms with Crippen molar-refractivity contribution in [3.05, 3.63) is 24.3 Å². The van der Waals surface area contributed by atoms with Gasteiger partial charge in [-0.1, -0.05) is 19.1 Å². The van der Waals surface area contributed by atoms with E-state index in [0.29, 0.717) is 19.7 Å². The minimum atomic E-state index is -3.53. The number of nitrogens with zero attached hydrogens (tertiary/aromatic N) is 1. The average Bonchev–Trinajstić information content (AvgIpc) is 2.30. The van der Waals surface area contributed by atoms with Gasteiger partial charge in [-0.25, -0.2) is 8.42 Å². The molecule has 0 radical (unpaired) electrons. The Morgan fingerprint density at radius 2 is 2.00 bits per heavy atom. The molecule has 0 spiro atoms. The number of para-hydroxylation sites is 1. The van der Waals surface area contributed by atoms with Gasteiger partial charge in [0.05, 0.1) is 12.3 Å². The lowest BCUT2D eigenvalue weighted by Crippen LogP contribution is -2.34. The summed E-state index contributed by atoms with van der Waals surface area (Å²) < 4.78 is 30.8. The second-order valence-electron chi connectivity index (χ2n) is 3.53. The largest absolute Gasteiger partial charge is 0.398 e. The van der Waals surface area contributed by atoms with Gasteiger partial charge in [0.15, 0.2) is 0 Å². The zero-order chi connectivity index (χ0) is 12.9. The average molecular weight is 258 g/mol. The van der Waals surface area contributed by atoms with E-state index < -0.39 is 10.0 Å². The number of methoxy groups -OCH3 is 1. The van der Waals surface area contributed by atoms with Gasteiger partial charge in [-0.2, -0.15) is 4.31 Å². The number of hydrogen-bond donors (Lipinski definition) is 1. The summed E-state index contributed by atoms with van der Waals surface area (Å²) in [7, 11) is -1.99. The molecule has 0 bridgehead atoms. The van der Waals surface area contributed by atoms with E-state index in [9.17, 15) is 8.42 Å². The summed E-state index contributed by atoms with van der Waals surface area (Å²) >= 11 is 0. The van der Waals surface area contributed by atoms with Crippen molar-refractivity contribution in [3.8, 4) is 0 Å². The third-order valence-electron chi connectivity index (χ3n) is 2.43. The van der Waals surface area contributed by atoms with Gasteiger partial charge in [0.25, 0.3) is 0 Å². The molecule has 0 saturated heterocycles. The molecule has 6 heteroatoms. The van der Waals surface area contributed by atoms with Crippen molar-refractivity contribution in [1.29, 1.82) is 0 Å². The second-order valence-corrected chi connectivity index (χ2v) is 5.43. The van der Waals surface area contributed by atoms with Crippen LogP contribution in [0.15, 0.2) is 29.2 Å². The zero-order valence-corrected chi connectivity index (χ0v) is 10.9. The molecule has 0 heterocycles. The number of likely N-dealkylation sites (N-methyl/N-ethyl adjacent to an activating group) is 1. The van der Waals surface area contributed by atoms with Crippen LogP contribution in [-0.2, 0) is 14.8 Å². The molecule has 1 rings (SSSR count). The van der Waals surface area contributed by atoms with Crippen LogP contribution in [0, 0.1) is 0 Å². The molecule has 5 nitrogen and oxygen atoms in total. The Labute approximate surface area is 102 Å². The summed E-state index contributed by atoms with van der Waals surface area (Å²) in [5, 5.41) is 0. The van der Waals surface area contributed by atoms with Gasteiger partial charge in [0, 0.05) is 20.2 Å². The molecule has 1 aromatic carbocycles. The van der Waals surface area contributed by atoms with E-state index in [1.165, 1.54) is 17.5 Å². The number of nitrogen functional groups attached to an aromatic ring is 1. The lowest BCUT2D eigenvalue weighted by atomic mass is 10.3. The number of nitrogens with two attached hydrogens (primary N) is 1. The third kappa shape index (κ3) is 3.18. The normalized spacial score (nSPS) is 11.9. The predicted molar refractivity (Wildman–Crippen MR) is 67.2 cm³/mol. The molecular weight excluding hydrogens is 240 g/mol. The maximum Gasteiger partial charge on any atom is 0.245 e. The highest BCUT2D eigenvalue weighted by molar-refractivity contribution is 7.89. The molecule has 0 aliphatic carbocycles. The lowest BCUT2D eigenvalue weighted by Gasteiger charge is -2.20. The molecule has 0 fully saturated rings. The van der Waals surface area contributed by atoms with E-state index in [1.807, 2.05) is 0 Å². The summed E-state index contributed by atoms with van der Waals surface area (Å²) in [6.45, 7) is 2.86. The van der Waals surface area contributed by atoms with Gasteiger partial charge < -0.3 is 10.5 Å². The third-order valence-corrected chi connectivity index (χ3v) is 4.48.